The Bertz CT molecular complexity index is 552. The predicted molar refractivity (Wildman–Crippen MR) is 80.4 cm³/mol. The molecule has 0 amide bonds. The van der Waals surface area contributed by atoms with Crippen molar-refractivity contribution in [1.29, 1.82) is 5.39 Å². The van der Waals surface area contributed by atoms with Crippen LogP contribution in [0.3, 0.4) is 0 Å². The van der Waals surface area contributed by atoms with Gasteiger partial charge in [-0.15, -0.1) is 12.3 Å². The Kier molecular flexibility index (Phi) is 5.40. The number of rotatable bonds is 7. The van der Waals surface area contributed by atoms with Crippen LogP contribution in [0.2, 0.25) is 19.1 Å². The highest BCUT2D eigenvalue weighted by molar-refractivity contribution is 6.82. The van der Waals surface area contributed by atoms with Crippen LogP contribution >= 0.6 is 0 Å². The van der Waals surface area contributed by atoms with Crippen molar-refractivity contribution < 1.29 is 9.66 Å². The van der Waals surface area contributed by atoms with Gasteiger partial charge < -0.3 is 4.74 Å². The van der Waals surface area contributed by atoms with Crippen LogP contribution in [0.4, 0.5) is 11.4 Å². The maximum atomic E-state index is 10.8. The van der Waals surface area contributed by atoms with E-state index in [1.54, 1.807) is 6.07 Å². The van der Waals surface area contributed by atoms with Gasteiger partial charge in [0.05, 0.1) is 25.7 Å². The fourth-order valence-corrected chi connectivity index (χ4v) is 2.90. The molecule has 0 heterocycles. The molecule has 6 nitrogen and oxygen atoms in total. The van der Waals surface area contributed by atoms with Gasteiger partial charge in [0.2, 0.25) is 5.39 Å². The minimum absolute atomic E-state index is 0.0810. The molecule has 0 atom stereocenters. The lowest BCUT2D eigenvalue weighted by Crippen LogP contribution is -2.22. The molecular formula is C13H18N3O3Si+. The van der Waals surface area contributed by atoms with Gasteiger partial charge >= 0.3 is 11.4 Å². The predicted octanol–water partition coefficient (Wildman–Crippen LogP) is 4.28. The topological polar surface area (TPSA) is 80.5 Å². The lowest BCUT2D eigenvalue weighted by atomic mass is 10.2. The van der Waals surface area contributed by atoms with E-state index in [4.69, 9.17) is 10.1 Å². The largest absolute Gasteiger partial charge is 0.493 e. The first-order valence-corrected chi connectivity index (χ1v) is 9.58. The maximum absolute atomic E-state index is 10.8. The number of hydrogen-bond donors (Lipinski definition) is 0. The van der Waals surface area contributed by atoms with Gasteiger partial charge in [0.1, 0.15) is 5.75 Å². The maximum Gasteiger partial charge on any atom is 0.461 e. The van der Waals surface area contributed by atoms with Crippen LogP contribution in [-0.4, -0.2) is 19.6 Å². The zero-order valence-electron chi connectivity index (χ0n) is 11.7. The molecule has 0 spiro atoms. The summed E-state index contributed by atoms with van der Waals surface area (Å²) in [5.41, 5.74) is 1.68. The molecule has 0 saturated heterocycles. The van der Waals surface area contributed by atoms with Gasteiger partial charge in [0, 0.05) is 6.07 Å². The minimum Gasteiger partial charge on any atom is -0.493 e. The number of ether oxygens (including phenoxy) is 1. The van der Waals surface area contributed by atoms with Crippen LogP contribution < -0.4 is 4.74 Å². The average Bonchev–Trinajstić information content (AvgIpc) is 2.43. The molecule has 0 aromatic heterocycles. The number of benzene rings is 1. The molecule has 1 rings (SSSR count). The van der Waals surface area contributed by atoms with Crippen LogP contribution in [0.1, 0.15) is 6.42 Å². The molecule has 20 heavy (non-hydrogen) atoms. The second kappa shape index (κ2) is 6.82. The summed E-state index contributed by atoms with van der Waals surface area (Å²) in [6.07, 6.45) is 0.880. The molecule has 0 saturated carbocycles. The molecule has 0 radical (unpaired) electrons. The summed E-state index contributed by atoms with van der Waals surface area (Å²) in [4.78, 5) is 13.1. The van der Waals surface area contributed by atoms with Crippen molar-refractivity contribution in [3.63, 3.8) is 0 Å². The molecule has 0 unspecified atom stereocenters. The molecule has 0 aliphatic rings. The van der Waals surface area contributed by atoms with Crippen LogP contribution in [0.5, 0.6) is 5.75 Å². The van der Waals surface area contributed by atoms with Gasteiger partial charge in [-0.05, 0) is 12.5 Å². The van der Waals surface area contributed by atoms with Gasteiger partial charge in [0.15, 0.2) is 4.98 Å². The van der Waals surface area contributed by atoms with Crippen LogP contribution in [0.15, 0.2) is 30.5 Å². The molecule has 1 aromatic carbocycles. The normalized spacial score (nSPS) is 10.7. The minimum atomic E-state index is -1.33. The summed E-state index contributed by atoms with van der Waals surface area (Å²) in [7, 11) is -1.33. The third kappa shape index (κ3) is 4.48. The Morgan fingerprint density at radius 1 is 1.55 bits per heavy atom. The van der Waals surface area contributed by atoms with E-state index < -0.39 is 13.0 Å². The molecule has 0 N–H and O–H groups in total. The fraction of sp³-hybridized carbons (Fsp3) is 0.385. The Balaban J connectivity index is 2.62. The Morgan fingerprint density at radius 2 is 2.25 bits per heavy atom. The summed E-state index contributed by atoms with van der Waals surface area (Å²) < 4.78 is 5.50. The summed E-state index contributed by atoms with van der Waals surface area (Å²) in [6, 6.07) is 5.24. The molecule has 7 heteroatoms. The zero-order valence-corrected chi connectivity index (χ0v) is 12.7. The second-order valence-electron chi connectivity index (χ2n) is 5.15. The van der Waals surface area contributed by atoms with E-state index in [1.165, 1.54) is 12.1 Å². The third-order valence-corrected chi connectivity index (χ3v) is 5.79. The van der Waals surface area contributed by atoms with Crippen molar-refractivity contribution in [1.82, 2.24) is 0 Å². The summed E-state index contributed by atoms with van der Waals surface area (Å²) in [5.74, 6) is 0.405. The highest BCUT2D eigenvalue weighted by Crippen LogP contribution is 2.31. The average molecular weight is 292 g/mol. The van der Waals surface area contributed by atoms with E-state index in [0.717, 1.165) is 12.5 Å². The van der Waals surface area contributed by atoms with Crippen molar-refractivity contribution >= 4 is 19.4 Å². The fourth-order valence-electron chi connectivity index (χ4n) is 1.64. The number of diazo groups is 1. The quantitative estimate of drug-likeness (QED) is 0.247. The SMILES string of the molecule is C=C[Si](C)(C)CCCOc1ccc([N+]#N)c([N+](=O)[O-])c1. The summed E-state index contributed by atoms with van der Waals surface area (Å²) >= 11 is 0. The van der Waals surface area contributed by atoms with Crippen molar-refractivity contribution in [3.05, 3.63) is 45.6 Å². The molecule has 0 aliphatic heterocycles. The lowest BCUT2D eigenvalue weighted by Gasteiger charge is -2.16. The monoisotopic (exact) mass is 292 g/mol. The van der Waals surface area contributed by atoms with Crippen molar-refractivity contribution in [3.8, 4) is 5.75 Å². The Labute approximate surface area is 118 Å². The molecule has 0 bridgehead atoms. The molecule has 0 fully saturated rings. The first-order chi connectivity index (χ1) is 9.39. The van der Waals surface area contributed by atoms with E-state index >= 15 is 0 Å². The first kappa shape index (κ1) is 15.9. The second-order valence-corrected chi connectivity index (χ2v) is 10.0. The van der Waals surface area contributed by atoms with Gasteiger partial charge in [0.25, 0.3) is 0 Å². The van der Waals surface area contributed by atoms with Crippen LogP contribution in [0.25, 0.3) is 4.98 Å². The van der Waals surface area contributed by atoms with Crippen molar-refractivity contribution in [2.75, 3.05) is 6.61 Å². The standard InChI is InChI=1S/C13H18N3O3Si/c1-4-20(2,3)9-5-8-19-11-6-7-12(15-14)13(10-11)16(17)18/h4,6-7,10H,1,5,8-9H2,2-3H3/q+1. The smallest absolute Gasteiger partial charge is 0.461 e. The molecular weight excluding hydrogens is 274 g/mol. The number of nitro groups is 1. The summed E-state index contributed by atoms with van der Waals surface area (Å²) in [5, 5.41) is 19.5. The molecule has 106 valence electrons. The van der Waals surface area contributed by atoms with E-state index in [-0.39, 0.29) is 11.4 Å². The van der Waals surface area contributed by atoms with Gasteiger partial charge in [-0.3, -0.25) is 10.1 Å². The van der Waals surface area contributed by atoms with E-state index in [1.807, 2.05) is 5.70 Å². The molecule has 1 aromatic rings. The van der Waals surface area contributed by atoms with Crippen LogP contribution in [0, 0.1) is 15.5 Å². The van der Waals surface area contributed by atoms with E-state index in [0.29, 0.717) is 12.4 Å². The van der Waals surface area contributed by atoms with Gasteiger partial charge in [-0.25, -0.2) is 0 Å². The van der Waals surface area contributed by atoms with E-state index in [2.05, 4.69) is 24.6 Å². The highest BCUT2D eigenvalue weighted by Gasteiger charge is 2.25. The van der Waals surface area contributed by atoms with E-state index in [9.17, 15) is 10.1 Å². The molecule has 0 aliphatic carbocycles. The van der Waals surface area contributed by atoms with Gasteiger partial charge in [-0.1, -0.05) is 19.1 Å². The first-order valence-electron chi connectivity index (χ1n) is 6.29. The number of hydrogen-bond acceptors (Lipinski definition) is 4. The van der Waals surface area contributed by atoms with Crippen molar-refractivity contribution in [2.45, 2.75) is 25.6 Å². The Hall–Kier alpha value is -2.20. The summed E-state index contributed by atoms with van der Waals surface area (Å²) in [6.45, 7) is 8.78. The zero-order chi connectivity index (χ0) is 15.2. The number of nitrogens with zero attached hydrogens (tertiary/aromatic N) is 3. The highest BCUT2D eigenvalue weighted by atomic mass is 28.3. The number of nitro benzene ring substituents is 1. The Morgan fingerprint density at radius 3 is 2.80 bits per heavy atom. The third-order valence-electron chi connectivity index (χ3n) is 3.04. The van der Waals surface area contributed by atoms with Crippen LogP contribution in [-0.2, 0) is 0 Å². The lowest BCUT2D eigenvalue weighted by molar-refractivity contribution is -0.383. The van der Waals surface area contributed by atoms with Crippen molar-refractivity contribution in [2.24, 2.45) is 0 Å². The van der Waals surface area contributed by atoms with Gasteiger partial charge in [-0.2, -0.15) is 0 Å².